The third kappa shape index (κ3) is 3.80. The number of hydrogen-bond acceptors (Lipinski definition) is 4. The summed E-state index contributed by atoms with van der Waals surface area (Å²) in [5, 5.41) is 20.1. The number of nitro benzene ring substituents is 1. The Morgan fingerprint density at radius 1 is 1.53 bits per heavy atom. The topological polar surface area (TPSA) is 66.6 Å². The summed E-state index contributed by atoms with van der Waals surface area (Å²) in [4.78, 5) is 12.4. The van der Waals surface area contributed by atoms with Crippen molar-refractivity contribution in [2.24, 2.45) is 0 Å². The van der Waals surface area contributed by atoms with Crippen LogP contribution in [0, 0.1) is 17.0 Å². The van der Waals surface area contributed by atoms with E-state index in [-0.39, 0.29) is 10.6 Å². The largest absolute Gasteiger partial charge is 0.392 e. The van der Waals surface area contributed by atoms with E-state index in [1.165, 1.54) is 6.07 Å². The van der Waals surface area contributed by atoms with Crippen LogP contribution in [0.15, 0.2) is 18.2 Å². The van der Waals surface area contributed by atoms with Crippen LogP contribution < -0.4 is 0 Å². The summed E-state index contributed by atoms with van der Waals surface area (Å²) in [6.45, 7) is 4.61. The van der Waals surface area contributed by atoms with Gasteiger partial charge in [0.25, 0.3) is 5.69 Å². The van der Waals surface area contributed by atoms with Crippen LogP contribution in [-0.4, -0.2) is 34.6 Å². The predicted octanol–water partition coefficient (Wildman–Crippen LogP) is 1.72. The van der Waals surface area contributed by atoms with Crippen LogP contribution in [0.2, 0.25) is 0 Å². The highest BCUT2D eigenvalue weighted by Gasteiger charge is 2.14. The molecule has 0 aromatic heterocycles. The Labute approximate surface area is 101 Å². The van der Waals surface area contributed by atoms with Gasteiger partial charge < -0.3 is 5.11 Å². The smallest absolute Gasteiger partial charge is 0.272 e. The van der Waals surface area contributed by atoms with Crippen molar-refractivity contribution in [3.63, 3.8) is 0 Å². The standard InChI is InChI=1S/C12H18N2O3/c1-9(15)7-13(3)8-11-5-4-6-12(10(11)2)14(16)17/h4-6,9,15H,7-8H2,1-3H3. The highest BCUT2D eigenvalue weighted by atomic mass is 16.6. The van der Waals surface area contributed by atoms with Crippen molar-refractivity contribution < 1.29 is 10.0 Å². The molecule has 0 amide bonds. The lowest BCUT2D eigenvalue weighted by molar-refractivity contribution is -0.385. The summed E-state index contributed by atoms with van der Waals surface area (Å²) >= 11 is 0. The Morgan fingerprint density at radius 3 is 2.71 bits per heavy atom. The molecular weight excluding hydrogens is 220 g/mol. The lowest BCUT2D eigenvalue weighted by Gasteiger charge is -2.19. The molecule has 5 nitrogen and oxygen atoms in total. The maximum absolute atomic E-state index is 10.8. The lowest BCUT2D eigenvalue weighted by atomic mass is 10.1. The van der Waals surface area contributed by atoms with Crippen LogP contribution in [0.5, 0.6) is 0 Å². The average molecular weight is 238 g/mol. The van der Waals surface area contributed by atoms with Gasteiger partial charge in [-0.15, -0.1) is 0 Å². The van der Waals surface area contributed by atoms with E-state index in [1.807, 2.05) is 18.0 Å². The molecule has 0 bridgehead atoms. The molecule has 0 aliphatic rings. The van der Waals surface area contributed by atoms with Crippen LogP contribution >= 0.6 is 0 Å². The van der Waals surface area contributed by atoms with Crippen molar-refractivity contribution in [1.29, 1.82) is 0 Å². The molecule has 1 N–H and O–H groups in total. The minimum atomic E-state index is -0.404. The predicted molar refractivity (Wildman–Crippen MR) is 65.8 cm³/mol. The third-order valence-corrected chi connectivity index (χ3v) is 2.63. The number of nitrogens with zero attached hydrogens (tertiary/aromatic N) is 2. The molecule has 0 heterocycles. The maximum atomic E-state index is 10.8. The number of aliphatic hydroxyl groups is 1. The van der Waals surface area contributed by atoms with Gasteiger partial charge in [-0.25, -0.2) is 0 Å². The Kier molecular flexibility index (Phi) is 4.60. The molecule has 1 aromatic carbocycles. The van der Waals surface area contributed by atoms with Gasteiger partial charge in [0.15, 0.2) is 0 Å². The Balaban J connectivity index is 2.85. The number of likely N-dealkylation sites (N-methyl/N-ethyl adjacent to an activating group) is 1. The second-order valence-corrected chi connectivity index (χ2v) is 4.36. The van der Waals surface area contributed by atoms with Gasteiger partial charge in [-0.2, -0.15) is 0 Å². The maximum Gasteiger partial charge on any atom is 0.272 e. The minimum Gasteiger partial charge on any atom is -0.392 e. The zero-order valence-electron chi connectivity index (χ0n) is 10.4. The highest BCUT2D eigenvalue weighted by Crippen LogP contribution is 2.21. The first kappa shape index (κ1) is 13.6. The first-order valence-corrected chi connectivity index (χ1v) is 5.51. The summed E-state index contributed by atoms with van der Waals surface area (Å²) in [5.41, 5.74) is 1.75. The van der Waals surface area contributed by atoms with Crippen molar-refractivity contribution in [3.05, 3.63) is 39.4 Å². The number of rotatable bonds is 5. The molecule has 5 heteroatoms. The second-order valence-electron chi connectivity index (χ2n) is 4.36. The first-order valence-electron chi connectivity index (χ1n) is 5.51. The van der Waals surface area contributed by atoms with Gasteiger partial charge in [0.05, 0.1) is 11.0 Å². The summed E-state index contributed by atoms with van der Waals surface area (Å²) in [7, 11) is 1.88. The van der Waals surface area contributed by atoms with Gasteiger partial charge in [-0.1, -0.05) is 12.1 Å². The van der Waals surface area contributed by atoms with Crippen LogP contribution in [0.25, 0.3) is 0 Å². The number of hydrogen-bond donors (Lipinski definition) is 1. The Bertz CT molecular complexity index is 405. The molecule has 0 fully saturated rings. The quantitative estimate of drug-likeness (QED) is 0.626. The van der Waals surface area contributed by atoms with Crippen LogP contribution in [0.3, 0.4) is 0 Å². The molecule has 94 valence electrons. The van der Waals surface area contributed by atoms with E-state index in [9.17, 15) is 15.2 Å². The normalized spacial score (nSPS) is 12.8. The van der Waals surface area contributed by atoms with Gasteiger partial charge in [0.2, 0.25) is 0 Å². The van der Waals surface area contributed by atoms with Crippen molar-refractivity contribution in [1.82, 2.24) is 4.90 Å². The molecule has 0 saturated heterocycles. The molecule has 0 aliphatic heterocycles. The minimum absolute atomic E-state index is 0.146. The second kappa shape index (κ2) is 5.75. The molecule has 0 aliphatic carbocycles. The summed E-state index contributed by atoms with van der Waals surface area (Å²) in [6.07, 6.45) is -0.404. The van der Waals surface area contributed by atoms with Crippen LogP contribution in [0.4, 0.5) is 5.69 Å². The van der Waals surface area contributed by atoms with E-state index < -0.39 is 6.10 Å². The first-order chi connectivity index (χ1) is 7.91. The third-order valence-electron chi connectivity index (χ3n) is 2.63. The SMILES string of the molecule is Cc1c(CN(C)CC(C)O)cccc1[N+](=O)[O-]. The van der Waals surface area contributed by atoms with Gasteiger partial charge in [-0.3, -0.25) is 15.0 Å². The van der Waals surface area contributed by atoms with Crippen LogP contribution in [-0.2, 0) is 6.54 Å². The molecule has 1 atom stereocenters. The van der Waals surface area contributed by atoms with Crippen molar-refractivity contribution in [2.45, 2.75) is 26.5 Å². The zero-order valence-corrected chi connectivity index (χ0v) is 10.4. The number of aliphatic hydroxyl groups excluding tert-OH is 1. The molecule has 17 heavy (non-hydrogen) atoms. The van der Waals surface area contributed by atoms with Gasteiger partial charge in [0.1, 0.15) is 0 Å². The zero-order chi connectivity index (χ0) is 13.0. The van der Waals surface area contributed by atoms with Crippen molar-refractivity contribution in [3.8, 4) is 0 Å². The molecule has 0 saturated carbocycles. The number of benzene rings is 1. The van der Waals surface area contributed by atoms with E-state index in [1.54, 1.807) is 19.9 Å². The Hall–Kier alpha value is -1.46. The monoisotopic (exact) mass is 238 g/mol. The summed E-state index contributed by atoms with van der Waals surface area (Å²) < 4.78 is 0. The van der Waals surface area contributed by atoms with E-state index in [2.05, 4.69) is 0 Å². The van der Waals surface area contributed by atoms with E-state index in [0.717, 1.165) is 5.56 Å². The summed E-state index contributed by atoms with van der Waals surface area (Å²) in [6, 6.07) is 5.07. The molecule has 1 aromatic rings. The van der Waals surface area contributed by atoms with Gasteiger partial charge in [0, 0.05) is 24.7 Å². The summed E-state index contributed by atoms with van der Waals surface area (Å²) in [5.74, 6) is 0. The molecule has 0 radical (unpaired) electrons. The lowest BCUT2D eigenvalue weighted by Crippen LogP contribution is -2.27. The molecule has 1 rings (SSSR count). The average Bonchev–Trinajstić information content (AvgIpc) is 2.19. The fraction of sp³-hybridized carbons (Fsp3) is 0.500. The van der Waals surface area contributed by atoms with E-state index in [0.29, 0.717) is 18.7 Å². The fourth-order valence-electron chi connectivity index (χ4n) is 1.85. The van der Waals surface area contributed by atoms with Crippen molar-refractivity contribution >= 4 is 5.69 Å². The van der Waals surface area contributed by atoms with Gasteiger partial charge in [-0.05, 0) is 26.5 Å². The highest BCUT2D eigenvalue weighted by molar-refractivity contribution is 5.44. The van der Waals surface area contributed by atoms with Crippen molar-refractivity contribution in [2.75, 3.05) is 13.6 Å². The van der Waals surface area contributed by atoms with Gasteiger partial charge >= 0.3 is 0 Å². The molecule has 1 unspecified atom stereocenters. The fourth-order valence-corrected chi connectivity index (χ4v) is 1.85. The van der Waals surface area contributed by atoms with E-state index in [4.69, 9.17) is 0 Å². The van der Waals surface area contributed by atoms with Crippen LogP contribution in [0.1, 0.15) is 18.1 Å². The number of nitro groups is 1. The molecule has 0 spiro atoms. The molecular formula is C12H18N2O3. The van der Waals surface area contributed by atoms with E-state index >= 15 is 0 Å². The Morgan fingerprint density at radius 2 is 2.18 bits per heavy atom.